The Morgan fingerprint density at radius 3 is 2.71 bits per heavy atom. The largest absolute Gasteiger partial charge is 0.481 e. The summed E-state index contributed by atoms with van der Waals surface area (Å²) in [5.74, 6) is 0.191. The molecule has 142 valence electrons. The van der Waals surface area contributed by atoms with Crippen LogP contribution in [0, 0.1) is 0 Å². The van der Waals surface area contributed by atoms with E-state index in [-0.39, 0.29) is 18.5 Å². The normalized spacial score (nSPS) is 11.2. The van der Waals surface area contributed by atoms with Crippen molar-refractivity contribution >= 4 is 39.1 Å². The average molecular weight is 415 g/mol. The van der Waals surface area contributed by atoms with Gasteiger partial charge in [-0.2, -0.15) is 0 Å². The number of furan rings is 1. The van der Waals surface area contributed by atoms with E-state index in [0.717, 1.165) is 5.56 Å². The van der Waals surface area contributed by atoms with Crippen LogP contribution in [0.3, 0.4) is 0 Å². The number of rotatable bonds is 6. The third-order valence-corrected chi connectivity index (χ3v) is 5.48. The number of carboxylic acids is 1. The molecular weight excluding hydrogens is 400 g/mol. The van der Waals surface area contributed by atoms with Crippen LogP contribution < -0.4 is 5.56 Å². The first kappa shape index (κ1) is 18.5. The number of nitrogens with zero attached hydrogens (tertiary/aromatic N) is 2. The van der Waals surface area contributed by atoms with Crippen molar-refractivity contribution in [3.63, 3.8) is 0 Å². The van der Waals surface area contributed by atoms with Crippen molar-refractivity contribution in [2.24, 2.45) is 0 Å². The fourth-order valence-electron chi connectivity index (χ4n) is 3.05. The minimum absolute atomic E-state index is 0.0286. The Bertz CT molecular complexity index is 1190. The lowest BCUT2D eigenvalue weighted by Gasteiger charge is -2.12. The van der Waals surface area contributed by atoms with Crippen molar-refractivity contribution in [1.82, 2.24) is 9.55 Å². The van der Waals surface area contributed by atoms with Gasteiger partial charge in [-0.3, -0.25) is 14.2 Å². The van der Waals surface area contributed by atoms with E-state index in [1.54, 1.807) is 42.7 Å². The summed E-state index contributed by atoms with van der Waals surface area (Å²) in [6, 6.07) is 10.6. The zero-order chi connectivity index (χ0) is 19.7. The van der Waals surface area contributed by atoms with Crippen molar-refractivity contribution in [3.8, 4) is 22.7 Å². The predicted octanol–water partition coefficient (Wildman–Crippen LogP) is 4.90. The molecule has 6 nitrogen and oxygen atoms in total. The van der Waals surface area contributed by atoms with Crippen LogP contribution in [0.15, 0.2) is 57.3 Å². The van der Waals surface area contributed by atoms with Crippen molar-refractivity contribution in [1.29, 1.82) is 0 Å². The van der Waals surface area contributed by atoms with Gasteiger partial charge in [-0.05, 0) is 42.8 Å². The van der Waals surface area contributed by atoms with Gasteiger partial charge in [-0.15, -0.1) is 11.3 Å². The molecule has 4 rings (SSSR count). The summed E-state index contributed by atoms with van der Waals surface area (Å²) in [7, 11) is 0. The molecular formula is C20H15ClN2O4S. The molecule has 0 saturated carbocycles. The molecule has 8 heteroatoms. The van der Waals surface area contributed by atoms with E-state index in [1.165, 1.54) is 15.9 Å². The van der Waals surface area contributed by atoms with Gasteiger partial charge < -0.3 is 9.52 Å². The van der Waals surface area contributed by atoms with Gasteiger partial charge in [-0.25, -0.2) is 4.98 Å². The number of carboxylic acid groups (broad SMARTS) is 1. The van der Waals surface area contributed by atoms with Gasteiger partial charge in [-0.1, -0.05) is 11.6 Å². The minimum atomic E-state index is -0.901. The Hall–Kier alpha value is -2.90. The maximum Gasteiger partial charge on any atom is 0.303 e. The molecule has 0 aliphatic heterocycles. The van der Waals surface area contributed by atoms with Crippen LogP contribution >= 0.6 is 22.9 Å². The summed E-state index contributed by atoms with van der Waals surface area (Å²) in [5.41, 5.74) is 1.22. The fourth-order valence-corrected chi connectivity index (χ4v) is 4.10. The first-order chi connectivity index (χ1) is 13.5. The second kappa shape index (κ2) is 7.61. The summed E-state index contributed by atoms with van der Waals surface area (Å²) < 4.78 is 7.00. The highest BCUT2D eigenvalue weighted by Gasteiger charge is 2.19. The topological polar surface area (TPSA) is 85.3 Å². The minimum Gasteiger partial charge on any atom is -0.481 e. The predicted molar refractivity (Wildman–Crippen MR) is 109 cm³/mol. The average Bonchev–Trinajstić information content (AvgIpc) is 3.33. The third kappa shape index (κ3) is 3.46. The molecule has 0 bridgehead atoms. The van der Waals surface area contributed by atoms with Gasteiger partial charge in [0, 0.05) is 34.5 Å². The highest BCUT2D eigenvalue weighted by Crippen LogP contribution is 2.32. The lowest BCUT2D eigenvalue weighted by atomic mass is 10.1. The van der Waals surface area contributed by atoms with Crippen LogP contribution in [-0.4, -0.2) is 20.6 Å². The van der Waals surface area contributed by atoms with E-state index in [9.17, 15) is 9.59 Å². The molecule has 0 spiro atoms. The Balaban J connectivity index is 1.91. The number of hydrogen-bond donors (Lipinski definition) is 1. The number of thiophene rings is 1. The van der Waals surface area contributed by atoms with Gasteiger partial charge in [0.25, 0.3) is 5.56 Å². The van der Waals surface area contributed by atoms with Crippen LogP contribution in [0.5, 0.6) is 0 Å². The van der Waals surface area contributed by atoms with E-state index in [1.807, 2.05) is 5.38 Å². The highest BCUT2D eigenvalue weighted by molar-refractivity contribution is 7.17. The number of aromatic nitrogens is 2. The zero-order valence-corrected chi connectivity index (χ0v) is 16.2. The maximum atomic E-state index is 13.4. The highest BCUT2D eigenvalue weighted by atomic mass is 35.5. The van der Waals surface area contributed by atoms with Gasteiger partial charge in [0.15, 0.2) is 0 Å². The van der Waals surface area contributed by atoms with Crippen LogP contribution in [0.25, 0.3) is 32.9 Å². The number of halogens is 1. The molecule has 0 fully saturated rings. The van der Waals surface area contributed by atoms with Gasteiger partial charge in [0.1, 0.15) is 16.4 Å². The molecule has 0 unspecified atom stereocenters. The molecule has 0 aliphatic carbocycles. The molecule has 1 N–H and O–H groups in total. The molecule has 1 aromatic carbocycles. The molecule has 3 aromatic heterocycles. The Labute approximate surface area is 168 Å². The fraction of sp³-hybridized carbons (Fsp3) is 0.150. The molecule has 3 heterocycles. The second-order valence-electron chi connectivity index (χ2n) is 6.20. The number of aliphatic carboxylic acids is 1. The van der Waals surface area contributed by atoms with Crippen LogP contribution in [0.2, 0.25) is 5.02 Å². The zero-order valence-electron chi connectivity index (χ0n) is 14.6. The summed E-state index contributed by atoms with van der Waals surface area (Å²) in [4.78, 5) is 29.6. The number of hydrogen-bond acceptors (Lipinski definition) is 5. The molecule has 0 aliphatic rings. The Morgan fingerprint density at radius 2 is 2.04 bits per heavy atom. The maximum absolute atomic E-state index is 13.4. The SMILES string of the molecule is O=C(O)CCCn1c(-c2ccc(Cl)cc2)nc2scc(-c3ccco3)c2c1=O. The van der Waals surface area contributed by atoms with Crippen LogP contribution in [0.1, 0.15) is 12.8 Å². The lowest BCUT2D eigenvalue weighted by Crippen LogP contribution is -2.23. The van der Waals surface area contributed by atoms with Crippen LogP contribution in [0.4, 0.5) is 0 Å². The first-order valence-corrected chi connectivity index (χ1v) is 9.84. The first-order valence-electron chi connectivity index (χ1n) is 8.58. The van der Waals surface area contributed by atoms with Gasteiger partial charge in [0.2, 0.25) is 0 Å². The second-order valence-corrected chi connectivity index (χ2v) is 7.50. The van der Waals surface area contributed by atoms with E-state index in [4.69, 9.17) is 26.1 Å². The quantitative estimate of drug-likeness (QED) is 0.484. The molecule has 28 heavy (non-hydrogen) atoms. The van der Waals surface area contributed by atoms with E-state index in [2.05, 4.69) is 0 Å². The van der Waals surface area contributed by atoms with E-state index >= 15 is 0 Å². The smallest absolute Gasteiger partial charge is 0.303 e. The van der Waals surface area contributed by atoms with E-state index in [0.29, 0.717) is 38.8 Å². The molecule has 0 saturated heterocycles. The summed E-state index contributed by atoms with van der Waals surface area (Å²) in [5, 5.41) is 11.9. The van der Waals surface area contributed by atoms with Crippen molar-refractivity contribution in [3.05, 3.63) is 63.4 Å². The Morgan fingerprint density at radius 1 is 1.25 bits per heavy atom. The summed E-state index contributed by atoms with van der Waals surface area (Å²) in [6.07, 6.45) is 1.85. The third-order valence-electron chi connectivity index (χ3n) is 4.36. The number of fused-ring (bicyclic) bond motifs is 1. The van der Waals surface area contributed by atoms with Crippen molar-refractivity contribution < 1.29 is 14.3 Å². The molecule has 0 amide bonds. The summed E-state index contributed by atoms with van der Waals surface area (Å²) in [6.45, 7) is 0.249. The van der Waals surface area contributed by atoms with Gasteiger partial charge >= 0.3 is 5.97 Å². The molecule has 0 atom stereocenters. The number of benzene rings is 1. The summed E-state index contributed by atoms with van der Waals surface area (Å²) >= 11 is 7.35. The number of carbonyl (C=O) groups is 1. The van der Waals surface area contributed by atoms with Crippen molar-refractivity contribution in [2.45, 2.75) is 19.4 Å². The standard InChI is InChI=1S/C20H15ClN2O4S/c21-13-7-5-12(6-8-13)18-22-19-17(14(11-28-19)15-3-2-10-27-15)20(26)23(18)9-1-4-16(24)25/h2-3,5-8,10-11H,1,4,9H2,(H,24,25). The molecule has 0 radical (unpaired) electrons. The van der Waals surface area contributed by atoms with Gasteiger partial charge in [0.05, 0.1) is 11.6 Å². The van der Waals surface area contributed by atoms with E-state index < -0.39 is 5.97 Å². The molecule has 4 aromatic rings. The van der Waals surface area contributed by atoms with Crippen molar-refractivity contribution in [2.75, 3.05) is 0 Å². The van der Waals surface area contributed by atoms with Crippen LogP contribution in [-0.2, 0) is 11.3 Å². The monoisotopic (exact) mass is 414 g/mol. The Kier molecular flexibility index (Phi) is 5.02. The lowest BCUT2D eigenvalue weighted by molar-refractivity contribution is -0.137.